The lowest BCUT2D eigenvalue weighted by Crippen LogP contribution is -2.05. The summed E-state index contributed by atoms with van der Waals surface area (Å²) in [6.45, 7) is 0. The van der Waals surface area contributed by atoms with Gasteiger partial charge in [0.25, 0.3) is 0 Å². The van der Waals surface area contributed by atoms with Crippen LogP contribution in [0.5, 0.6) is 0 Å². The molecule has 0 spiro atoms. The second-order valence-electron chi connectivity index (χ2n) is 2.20. The Kier molecular flexibility index (Phi) is 2.81. The van der Waals surface area contributed by atoms with Crippen molar-refractivity contribution in [1.29, 1.82) is 0 Å². The van der Waals surface area contributed by atoms with Crippen molar-refractivity contribution < 1.29 is 4.79 Å². The fourth-order valence-corrected chi connectivity index (χ4v) is 0.814. The third-order valence-corrected chi connectivity index (χ3v) is 1.39. The van der Waals surface area contributed by atoms with Crippen LogP contribution < -0.4 is 11.5 Å². The van der Waals surface area contributed by atoms with Crippen LogP contribution in [-0.2, 0) is 4.79 Å². The van der Waals surface area contributed by atoms with Crippen LogP contribution in [0.25, 0.3) is 6.08 Å². The van der Waals surface area contributed by atoms with Crippen molar-refractivity contribution >= 4 is 29.4 Å². The fraction of sp³-hybridized carbons (Fsp3) is 0. The summed E-state index contributed by atoms with van der Waals surface area (Å²) >= 11 is 5.55. The highest BCUT2D eigenvalue weighted by Gasteiger charge is 1.99. The van der Waals surface area contributed by atoms with Gasteiger partial charge in [0.05, 0.1) is 6.20 Å². The molecule has 4 N–H and O–H groups in total. The van der Waals surface area contributed by atoms with Gasteiger partial charge in [-0.25, -0.2) is 9.97 Å². The van der Waals surface area contributed by atoms with Crippen LogP contribution in [0.4, 0.5) is 5.82 Å². The number of primary amides is 1. The van der Waals surface area contributed by atoms with Crippen LogP contribution in [0.15, 0.2) is 12.3 Å². The maximum Gasteiger partial charge on any atom is 0.241 e. The fourth-order valence-electron chi connectivity index (χ4n) is 0.674. The third kappa shape index (κ3) is 2.72. The van der Waals surface area contributed by atoms with Gasteiger partial charge in [0.2, 0.25) is 5.91 Å². The number of aromatic nitrogens is 2. The zero-order valence-corrected chi connectivity index (χ0v) is 7.32. The van der Waals surface area contributed by atoms with E-state index in [1.807, 2.05) is 0 Å². The van der Waals surface area contributed by atoms with Gasteiger partial charge in [-0.15, -0.1) is 0 Å². The minimum absolute atomic E-state index is 0.196. The second kappa shape index (κ2) is 3.86. The first-order valence-corrected chi connectivity index (χ1v) is 3.73. The Morgan fingerprint density at radius 3 is 2.92 bits per heavy atom. The highest BCUT2D eigenvalue weighted by atomic mass is 35.5. The molecule has 1 amide bonds. The van der Waals surface area contributed by atoms with E-state index in [2.05, 4.69) is 9.97 Å². The molecule has 1 aromatic rings. The van der Waals surface area contributed by atoms with E-state index in [4.69, 9.17) is 23.1 Å². The van der Waals surface area contributed by atoms with E-state index in [0.29, 0.717) is 5.69 Å². The molecule has 0 radical (unpaired) electrons. The Morgan fingerprint density at radius 1 is 1.62 bits per heavy atom. The number of carbonyl (C=O) groups is 1. The van der Waals surface area contributed by atoms with E-state index in [9.17, 15) is 4.79 Å². The average Bonchev–Trinajstić information content (AvgIpc) is 2.06. The van der Waals surface area contributed by atoms with Crippen molar-refractivity contribution in [3.8, 4) is 0 Å². The number of anilines is 1. The predicted octanol–water partition coefficient (Wildman–Crippen LogP) is 0.211. The largest absolute Gasteiger partial charge is 0.382 e. The lowest BCUT2D eigenvalue weighted by atomic mass is 10.3. The summed E-state index contributed by atoms with van der Waals surface area (Å²) < 4.78 is 0. The molecule has 0 saturated carbocycles. The summed E-state index contributed by atoms with van der Waals surface area (Å²) in [5, 5.41) is 0.207. The van der Waals surface area contributed by atoms with E-state index in [-0.39, 0.29) is 11.0 Å². The molecule has 0 atom stereocenters. The molecule has 1 aromatic heterocycles. The molecule has 0 aliphatic rings. The van der Waals surface area contributed by atoms with Crippen LogP contribution in [0.1, 0.15) is 5.69 Å². The molecular weight excluding hydrogens is 192 g/mol. The predicted molar refractivity (Wildman–Crippen MR) is 49.7 cm³/mol. The maximum atomic E-state index is 10.4. The molecular formula is C7H7ClN4O. The smallest absolute Gasteiger partial charge is 0.241 e. The van der Waals surface area contributed by atoms with Gasteiger partial charge in [0.15, 0.2) is 0 Å². The van der Waals surface area contributed by atoms with Crippen LogP contribution in [0.2, 0.25) is 5.15 Å². The summed E-state index contributed by atoms with van der Waals surface area (Å²) in [5.41, 5.74) is 10.6. The number of nitrogens with zero attached hydrogens (tertiary/aromatic N) is 2. The molecule has 0 fully saturated rings. The number of nitrogen functional groups attached to an aromatic ring is 1. The monoisotopic (exact) mass is 198 g/mol. The van der Waals surface area contributed by atoms with Crippen molar-refractivity contribution in [2.75, 3.05) is 5.73 Å². The zero-order valence-electron chi connectivity index (χ0n) is 6.57. The Balaban J connectivity index is 3.00. The number of amides is 1. The number of halogens is 1. The quantitative estimate of drug-likeness (QED) is 0.664. The molecule has 6 heteroatoms. The van der Waals surface area contributed by atoms with Gasteiger partial charge in [-0.05, 0) is 6.08 Å². The molecule has 5 nitrogen and oxygen atoms in total. The van der Waals surface area contributed by atoms with Gasteiger partial charge < -0.3 is 11.5 Å². The number of nitrogens with two attached hydrogens (primary N) is 2. The summed E-state index contributed by atoms with van der Waals surface area (Å²) in [5.74, 6) is -0.386. The normalized spacial score (nSPS) is 10.5. The Bertz CT molecular complexity index is 364. The average molecular weight is 199 g/mol. The number of rotatable bonds is 2. The van der Waals surface area contributed by atoms with Crippen molar-refractivity contribution in [3.05, 3.63) is 23.1 Å². The second-order valence-corrected chi connectivity index (χ2v) is 2.59. The number of hydrogen-bond donors (Lipinski definition) is 2. The molecule has 0 bridgehead atoms. The molecule has 0 saturated heterocycles. The molecule has 0 aliphatic carbocycles. The first kappa shape index (κ1) is 9.47. The van der Waals surface area contributed by atoms with Crippen LogP contribution in [0, 0.1) is 0 Å². The number of hydrogen-bond acceptors (Lipinski definition) is 4. The van der Waals surface area contributed by atoms with E-state index < -0.39 is 5.91 Å². The van der Waals surface area contributed by atoms with E-state index in [0.717, 1.165) is 6.08 Å². The van der Waals surface area contributed by atoms with E-state index >= 15 is 0 Å². The minimum atomic E-state index is -0.582. The topological polar surface area (TPSA) is 94.9 Å². The van der Waals surface area contributed by atoms with Gasteiger partial charge in [0, 0.05) is 6.08 Å². The summed E-state index contributed by atoms with van der Waals surface area (Å²) in [6, 6.07) is 0. The van der Waals surface area contributed by atoms with Crippen LogP contribution in [0.3, 0.4) is 0 Å². The van der Waals surface area contributed by atoms with Crippen molar-refractivity contribution in [1.82, 2.24) is 9.97 Å². The highest BCUT2D eigenvalue weighted by Crippen LogP contribution is 2.10. The van der Waals surface area contributed by atoms with Gasteiger partial charge in [-0.3, -0.25) is 4.79 Å². The van der Waals surface area contributed by atoms with E-state index in [1.165, 1.54) is 12.3 Å². The first-order valence-electron chi connectivity index (χ1n) is 3.35. The molecule has 13 heavy (non-hydrogen) atoms. The maximum absolute atomic E-state index is 10.4. The van der Waals surface area contributed by atoms with Crippen molar-refractivity contribution in [2.24, 2.45) is 5.73 Å². The van der Waals surface area contributed by atoms with E-state index in [1.54, 1.807) is 0 Å². The van der Waals surface area contributed by atoms with Crippen molar-refractivity contribution in [2.45, 2.75) is 0 Å². The van der Waals surface area contributed by atoms with Gasteiger partial charge >= 0.3 is 0 Å². The van der Waals surface area contributed by atoms with Crippen LogP contribution >= 0.6 is 11.6 Å². The third-order valence-electron chi connectivity index (χ3n) is 1.21. The first-order chi connectivity index (χ1) is 6.09. The highest BCUT2D eigenvalue weighted by molar-refractivity contribution is 6.29. The molecule has 1 rings (SSSR count). The zero-order chi connectivity index (χ0) is 9.84. The molecule has 0 aromatic carbocycles. The molecule has 0 aliphatic heterocycles. The van der Waals surface area contributed by atoms with Gasteiger partial charge in [-0.2, -0.15) is 0 Å². The van der Waals surface area contributed by atoms with Crippen molar-refractivity contribution in [3.63, 3.8) is 0 Å². The number of carbonyl (C=O) groups excluding carboxylic acids is 1. The summed E-state index contributed by atoms with van der Waals surface area (Å²) in [6.07, 6.45) is 3.81. The summed E-state index contributed by atoms with van der Waals surface area (Å²) in [7, 11) is 0. The Morgan fingerprint density at radius 2 is 2.31 bits per heavy atom. The summed E-state index contributed by atoms with van der Waals surface area (Å²) in [4.78, 5) is 17.9. The lowest BCUT2D eigenvalue weighted by molar-refractivity contribution is -0.113. The van der Waals surface area contributed by atoms with Gasteiger partial charge in [0.1, 0.15) is 16.7 Å². The Labute approximate surface area is 79.4 Å². The lowest BCUT2D eigenvalue weighted by Gasteiger charge is -1.97. The standard InChI is InChI=1S/C7H7ClN4O/c8-5-3-11-7(10)4(12-5)1-2-6(9)13/h1-3H,(H2,9,13)(H2,10,11). The molecule has 68 valence electrons. The molecule has 1 heterocycles. The minimum Gasteiger partial charge on any atom is -0.382 e. The molecule has 0 unspecified atom stereocenters. The van der Waals surface area contributed by atoms with Gasteiger partial charge in [-0.1, -0.05) is 11.6 Å². The SMILES string of the molecule is NC(=O)C=Cc1nc(Cl)cnc1N. The van der Waals surface area contributed by atoms with Crippen LogP contribution in [-0.4, -0.2) is 15.9 Å². The Hall–Kier alpha value is -1.62.